The summed E-state index contributed by atoms with van der Waals surface area (Å²) in [6, 6.07) is 20.8. The number of nitrogen functional groups attached to an aromatic ring is 1. The molecule has 1 unspecified atom stereocenters. The van der Waals surface area contributed by atoms with E-state index in [4.69, 9.17) is 15.9 Å². The molecule has 0 spiro atoms. The van der Waals surface area contributed by atoms with Crippen LogP contribution in [0.3, 0.4) is 0 Å². The molecule has 38 heavy (non-hydrogen) atoms. The molecule has 3 N–H and O–H groups in total. The molecular weight excluding hydrogens is 520 g/mol. The summed E-state index contributed by atoms with van der Waals surface area (Å²) in [5.74, 6) is 0.388. The van der Waals surface area contributed by atoms with Gasteiger partial charge in [-0.1, -0.05) is 42.5 Å². The van der Waals surface area contributed by atoms with Crippen molar-refractivity contribution in [3.63, 3.8) is 0 Å². The Morgan fingerprint density at radius 3 is 2.55 bits per heavy atom. The van der Waals surface area contributed by atoms with Crippen LogP contribution in [0.15, 0.2) is 83.1 Å². The van der Waals surface area contributed by atoms with Gasteiger partial charge in [-0.3, -0.25) is 10.2 Å². The predicted molar refractivity (Wildman–Crippen MR) is 149 cm³/mol. The zero-order valence-electron chi connectivity index (χ0n) is 20.8. The van der Waals surface area contributed by atoms with Crippen LogP contribution < -0.4 is 10.5 Å². The minimum absolute atomic E-state index is 0.0139. The second-order valence-electron chi connectivity index (χ2n) is 9.21. The Morgan fingerprint density at radius 1 is 1.08 bits per heavy atom. The van der Waals surface area contributed by atoms with E-state index in [1.165, 1.54) is 15.6 Å². The van der Waals surface area contributed by atoms with Gasteiger partial charge in [0.2, 0.25) is 15.9 Å². The van der Waals surface area contributed by atoms with E-state index in [1.54, 1.807) is 42.3 Å². The molecule has 10 heteroatoms. The Morgan fingerprint density at radius 2 is 1.84 bits per heavy atom. The van der Waals surface area contributed by atoms with Crippen molar-refractivity contribution in [3.8, 4) is 5.75 Å². The number of rotatable bonds is 9. The first-order valence-corrected chi connectivity index (χ1v) is 14.4. The summed E-state index contributed by atoms with van der Waals surface area (Å²) in [4.78, 5) is 16.0. The lowest BCUT2D eigenvalue weighted by Gasteiger charge is -2.27. The van der Waals surface area contributed by atoms with E-state index in [0.717, 1.165) is 21.9 Å². The van der Waals surface area contributed by atoms with Crippen LogP contribution in [0.1, 0.15) is 22.4 Å². The fourth-order valence-electron chi connectivity index (χ4n) is 4.72. The number of nitrogens with zero attached hydrogens (tertiary/aromatic N) is 2. The van der Waals surface area contributed by atoms with Crippen LogP contribution in [-0.4, -0.2) is 49.1 Å². The average molecular weight is 549 g/mol. The number of sulfonamides is 1. The topological polar surface area (TPSA) is 117 Å². The molecule has 1 amide bonds. The number of nitrogens with one attached hydrogen (secondary N) is 1. The van der Waals surface area contributed by atoms with Crippen LogP contribution in [0.5, 0.6) is 5.75 Å². The van der Waals surface area contributed by atoms with Gasteiger partial charge in [0.05, 0.1) is 16.9 Å². The summed E-state index contributed by atoms with van der Waals surface area (Å²) in [6.45, 7) is 0.856. The van der Waals surface area contributed by atoms with Gasteiger partial charge in [-0.15, -0.1) is 11.3 Å². The first-order chi connectivity index (χ1) is 18.3. The van der Waals surface area contributed by atoms with Gasteiger partial charge in [0, 0.05) is 19.6 Å². The molecule has 8 nitrogen and oxygen atoms in total. The highest BCUT2D eigenvalue weighted by Gasteiger charge is 2.42. The number of benzene rings is 3. The van der Waals surface area contributed by atoms with Crippen molar-refractivity contribution < 1.29 is 17.9 Å². The minimum Gasteiger partial charge on any atom is -0.497 e. The SMILES string of the molecule is COc1ccc2ccc(S(=O)(=O)N(Cc3ccccc3)C3CCN(Cc4csc(C(=N)N)c4)C3=O)cc2c1. The summed E-state index contributed by atoms with van der Waals surface area (Å²) in [6.07, 6.45) is 0.385. The molecule has 1 saturated heterocycles. The average Bonchev–Trinajstić information content (AvgIpc) is 3.54. The smallest absolute Gasteiger partial charge is 0.244 e. The molecule has 3 aromatic carbocycles. The first kappa shape index (κ1) is 25.9. The molecule has 196 valence electrons. The molecule has 0 saturated carbocycles. The molecule has 4 aromatic rings. The van der Waals surface area contributed by atoms with E-state index in [2.05, 4.69) is 0 Å². The molecule has 1 atom stereocenters. The number of hydrogen-bond donors (Lipinski definition) is 2. The molecule has 1 aliphatic heterocycles. The summed E-state index contributed by atoms with van der Waals surface area (Å²) in [5, 5.41) is 11.1. The summed E-state index contributed by atoms with van der Waals surface area (Å²) >= 11 is 1.35. The van der Waals surface area contributed by atoms with Crippen molar-refractivity contribution in [2.45, 2.75) is 30.4 Å². The molecule has 0 bridgehead atoms. The lowest BCUT2D eigenvalue weighted by Crippen LogP contribution is -2.44. The van der Waals surface area contributed by atoms with E-state index >= 15 is 0 Å². The maximum absolute atomic E-state index is 14.1. The van der Waals surface area contributed by atoms with Crippen LogP contribution in [0.2, 0.25) is 0 Å². The Labute approximate surface area is 225 Å². The molecule has 1 fully saturated rings. The molecule has 0 aliphatic carbocycles. The number of hydrogen-bond acceptors (Lipinski definition) is 6. The van der Waals surface area contributed by atoms with E-state index in [9.17, 15) is 13.2 Å². The van der Waals surface area contributed by atoms with Gasteiger partial charge >= 0.3 is 0 Å². The van der Waals surface area contributed by atoms with E-state index in [1.807, 2.05) is 47.8 Å². The van der Waals surface area contributed by atoms with Crippen LogP contribution >= 0.6 is 11.3 Å². The standard InChI is InChI=1S/C28H28N4O4S2/c1-36-23-9-7-21-8-10-24(15-22(21)14-23)38(34,35)32(17-19-5-3-2-4-6-19)25-11-12-31(28(25)33)16-20-13-26(27(29)30)37-18-20/h2-10,13-15,18,25H,11-12,16-17H2,1H3,(H3,29,30). The van der Waals surface area contributed by atoms with Crippen molar-refractivity contribution in [1.82, 2.24) is 9.21 Å². The fraction of sp³-hybridized carbons (Fsp3) is 0.214. The lowest BCUT2D eigenvalue weighted by molar-refractivity contribution is -0.131. The number of thiophene rings is 1. The molecule has 1 aliphatic rings. The zero-order valence-corrected chi connectivity index (χ0v) is 22.5. The Hall–Kier alpha value is -3.73. The number of carbonyl (C=O) groups is 1. The monoisotopic (exact) mass is 548 g/mol. The fourth-order valence-corrected chi connectivity index (χ4v) is 7.12. The number of methoxy groups -OCH3 is 1. The van der Waals surface area contributed by atoms with Gasteiger partial charge in [0.1, 0.15) is 17.6 Å². The van der Waals surface area contributed by atoms with E-state index in [0.29, 0.717) is 30.1 Å². The minimum atomic E-state index is -4.03. The molecule has 1 aromatic heterocycles. The summed E-state index contributed by atoms with van der Waals surface area (Å²) in [5.41, 5.74) is 7.25. The number of carbonyl (C=O) groups excluding carboxylic acids is 1. The first-order valence-electron chi connectivity index (χ1n) is 12.1. The van der Waals surface area contributed by atoms with Crippen molar-refractivity contribution in [2.75, 3.05) is 13.7 Å². The third-order valence-electron chi connectivity index (χ3n) is 6.72. The second-order valence-corrected chi connectivity index (χ2v) is 12.0. The van der Waals surface area contributed by atoms with E-state index in [-0.39, 0.29) is 23.2 Å². The number of ether oxygens (including phenoxy) is 1. The Balaban J connectivity index is 1.48. The van der Waals surface area contributed by atoms with Gasteiger partial charge < -0.3 is 15.4 Å². The predicted octanol–water partition coefficient (Wildman–Crippen LogP) is 4.19. The number of nitrogens with two attached hydrogens (primary N) is 1. The lowest BCUT2D eigenvalue weighted by atomic mass is 10.1. The van der Waals surface area contributed by atoms with Crippen molar-refractivity contribution in [2.24, 2.45) is 5.73 Å². The van der Waals surface area contributed by atoms with Gasteiger partial charge in [0.15, 0.2) is 0 Å². The highest BCUT2D eigenvalue weighted by Crippen LogP contribution is 2.31. The van der Waals surface area contributed by atoms with Crippen LogP contribution in [0, 0.1) is 5.41 Å². The second kappa shape index (κ2) is 10.6. The number of amidine groups is 1. The third-order valence-corrected chi connectivity index (χ3v) is 9.58. The van der Waals surface area contributed by atoms with Crippen LogP contribution in [-0.2, 0) is 27.9 Å². The van der Waals surface area contributed by atoms with Gasteiger partial charge in [0.25, 0.3) is 0 Å². The molecule has 5 rings (SSSR count). The van der Waals surface area contributed by atoms with Crippen LogP contribution in [0.4, 0.5) is 0 Å². The molecule has 0 radical (unpaired) electrons. The highest BCUT2D eigenvalue weighted by atomic mass is 32.2. The van der Waals surface area contributed by atoms with Gasteiger partial charge in [-0.2, -0.15) is 4.31 Å². The van der Waals surface area contributed by atoms with Gasteiger partial charge in [-0.25, -0.2) is 8.42 Å². The highest BCUT2D eigenvalue weighted by molar-refractivity contribution is 7.89. The summed E-state index contributed by atoms with van der Waals surface area (Å²) in [7, 11) is -2.46. The van der Waals surface area contributed by atoms with Crippen LogP contribution in [0.25, 0.3) is 10.8 Å². The van der Waals surface area contributed by atoms with Crippen molar-refractivity contribution in [1.29, 1.82) is 5.41 Å². The number of likely N-dealkylation sites (tertiary alicyclic amines) is 1. The summed E-state index contributed by atoms with van der Waals surface area (Å²) < 4.78 is 34.8. The molecular formula is C28H28N4O4S2. The Kier molecular flexibility index (Phi) is 7.20. The van der Waals surface area contributed by atoms with E-state index < -0.39 is 16.1 Å². The third kappa shape index (κ3) is 5.15. The zero-order chi connectivity index (χ0) is 26.9. The quantitative estimate of drug-likeness (QED) is 0.240. The largest absolute Gasteiger partial charge is 0.497 e. The van der Waals surface area contributed by atoms with Crippen molar-refractivity contribution in [3.05, 3.63) is 94.2 Å². The maximum atomic E-state index is 14.1. The number of amides is 1. The molecule has 2 heterocycles. The maximum Gasteiger partial charge on any atom is 0.244 e. The normalized spacial score (nSPS) is 15.9. The number of fused-ring (bicyclic) bond motifs is 1. The van der Waals surface area contributed by atoms with Crippen molar-refractivity contribution >= 4 is 43.9 Å². The Bertz CT molecular complexity index is 1600. The van der Waals surface area contributed by atoms with Gasteiger partial charge in [-0.05, 0) is 64.0 Å².